The Balaban J connectivity index is 1.54. The largest absolute Gasteiger partial charge is 0.341 e. The van der Waals surface area contributed by atoms with Crippen molar-refractivity contribution in [2.24, 2.45) is 11.7 Å². The lowest BCUT2D eigenvalue weighted by atomic mass is 9.90. The molecule has 1 aliphatic heterocycles. The molecule has 2 N–H and O–H groups in total. The highest BCUT2D eigenvalue weighted by Gasteiger charge is 2.48. The molecule has 1 heterocycles. The molecule has 0 radical (unpaired) electrons. The van der Waals surface area contributed by atoms with Gasteiger partial charge in [0.1, 0.15) is 0 Å². The van der Waals surface area contributed by atoms with Crippen LogP contribution in [0.25, 0.3) is 0 Å². The molecule has 3 rings (SSSR count). The van der Waals surface area contributed by atoms with Crippen molar-refractivity contribution in [1.29, 1.82) is 0 Å². The van der Waals surface area contributed by atoms with Gasteiger partial charge in [-0.25, -0.2) is 0 Å². The van der Waals surface area contributed by atoms with Crippen molar-refractivity contribution in [3.63, 3.8) is 0 Å². The van der Waals surface area contributed by atoms with Gasteiger partial charge >= 0.3 is 0 Å². The van der Waals surface area contributed by atoms with Crippen LogP contribution >= 0.6 is 0 Å². The maximum absolute atomic E-state index is 12.4. The smallest absolute Gasteiger partial charge is 0.242 e. The van der Waals surface area contributed by atoms with E-state index in [9.17, 15) is 4.79 Å². The van der Waals surface area contributed by atoms with E-state index in [-0.39, 0.29) is 5.91 Å². The third-order valence-corrected chi connectivity index (χ3v) is 5.10. The lowest BCUT2D eigenvalue weighted by Crippen LogP contribution is -2.49. The first-order chi connectivity index (χ1) is 10.1. The SMILES string of the molecule is Cc1ccccc1CC[C@H]1CCCN(C(=O)C2(N)CC2)C1. The number of likely N-dealkylation sites (tertiary alicyclic amines) is 1. The summed E-state index contributed by atoms with van der Waals surface area (Å²) in [5, 5.41) is 0. The van der Waals surface area contributed by atoms with Crippen LogP contribution in [0.2, 0.25) is 0 Å². The number of carbonyl (C=O) groups is 1. The zero-order valence-electron chi connectivity index (χ0n) is 13.0. The highest BCUT2D eigenvalue weighted by atomic mass is 16.2. The Labute approximate surface area is 127 Å². The molecule has 2 fully saturated rings. The second-order valence-corrected chi connectivity index (χ2v) is 6.88. The van der Waals surface area contributed by atoms with E-state index in [1.54, 1.807) is 0 Å². The van der Waals surface area contributed by atoms with Crippen LogP contribution in [-0.2, 0) is 11.2 Å². The summed E-state index contributed by atoms with van der Waals surface area (Å²) in [5.74, 6) is 0.827. The monoisotopic (exact) mass is 286 g/mol. The van der Waals surface area contributed by atoms with Gasteiger partial charge in [0.2, 0.25) is 5.91 Å². The van der Waals surface area contributed by atoms with Gasteiger partial charge in [0.25, 0.3) is 0 Å². The van der Waals surface area contributed by atoms with Crippen molar-refractivity contribution in [3.8, 4) is 0 Å². The normalized spacial score (nSPS) is 23.9. The van der Waals surface area contributed by atoms with E-state index < -0.39 is 5.54 Å². The average Bonchev–Trinajstić information content (AvgIpc) is 3.25. The lowest BCUT2D eigenvalue weighted by molar-refractivity contribution is -0.135. The molecule has 1 aliphatic carbocycles. The molecule has 0 spiro atoms. The van der Waals surface area contributed by atoms with Crippen LogP contribution < -0.4 is 5.73 Å². The third kappa shape index (κ3) is 3.29. The fraction of sp³-hybridized carbons (Fsp3) is 0.611. The molecule has 114 valence electrons. The van der Waals surface area contributed by atoms with Crippen molar-refractivity contribution in [3.05, 3.63) is 35.4 Å². The average molecular weight is 286 g/mol. The van der Waals surface area contributed by atoms with E-state index in [0.29, 0.717) is 5.92 Å². The number of amides is 1. The molecule has 0 bridgehead atoms. The molecule has 3 nitrogen and oxygen atoms in total. The molecule has 0 aromatic heterocycles. The molecular weight excluding hydrogens is 260 g/mol. The number of aryl methyl sites for hydroxylation is 2. The second-order valence-electron chi connectivity index (χ2n) is 6.88. The summed E-state index contributed by atoms with van der Waals surface area (Å²) < 4.78 is 0. The van der Waals surface area contributed by atoms with Crippen LogP contribution in [0.4, 0.5) is 0 Å². The maximum Gasteiger partial charge on any atom is 0.242 e. The highest BCUT2D eigenvalue weighted by molar-refractivity contribution is 5.89. The Morgan fingerprint density at radius 1 is 1.38 bits per heavy atom. The topological polar surface area (TPSA) is 46.3 Å². The number of nitrogens with two attached hydrogens (primary N) is 1. The summed E-state index contributed by atoms with van der Waals surface area (Å²) in [7, 11) is 0. The summed E-state index contributed by atoms with van der Waals surface area (Å²) in [5.41, 5.74) is 8.38. The maximum atomic E-state index is 12.4. The summed E-state index contributed by atoms with van der Waals surface area (Å²) in [6, 6.07) is 8.61. The van der Waals surface area contributed by atoms with Gasteiger partial charge in [-0.3, -0.25) is 4.79 Å². The first-order valence-corrected chi connectivity index (χ1v) is 8.21. The van der Waals surface area contributed by atoms with Gasteiger partial charge in [-0.15, -0.1) is 0 Å². The minimum atomic E-state index is -0.502. The predicted octanol–water partition coefficient (Wildman–Crippen LogP) is 2.66. The Kier molecular flexibility index (Phi) is 4.03. The van der Waals surface area contributed by atoms with E-state index in [0.717, 1.165) is 38.8 Å². The number of piperidine rings is 1. The number of hydrogen-bond acceptors (Lipinski definition) is 2. The molecule has 21 heavy (non-hydrogen) atoms. The molecular formula is C18H26N2O. The molecule has 2 aliphatic rings. The predicted molar refractivity (Wildman–Crippen MR) is 85.0 cm³/mol. The minimum absolute atomic E-state index is 0.197. The van der Waals surface area contributed by atoms with E-state index in [1.807, 2.05) is 4.90 Å². The van der Waals surface area contributed by atoms with Crippen LogP contribution in [0, 0.1) is 12.8 Å². The second kappa shape index (κ2) is 5.80. The van der Waals surface area contributed by atoms with Crippen LogP contribution in [0.15, 0.2) is 24.3 Å². The Hall–Kier alpha value is -1.35. The van der Waals surface area contributed by atoms with Gasteiger partial charge in [0.05, 0.1) is 5.54 Å². The van der Waals surface area contributed by atoms with Gasteiger partial charge in [0.15, 0.2) is 0 Å². The number of nitrogens with zero attached hydrogens (tertiary/aromatic N) is 1. The van der Waals surface area contributed by atoms with E-state index >= 15 is 0 Å². The van der Waals surface area contributed by atoms with Crippen molar-refractivity contribution in [1.82, 2.24) is 4.90 Å². The van der Waals surface area contributed by atoms with E-state index in [4.69, 9.17) is 5.73 Å². The summed E-state index contributed by atoms with van der Waals surface area (Å²) in [6.45, 7) is 3.99. The first-order valence-electron chi connectivity index (χ1n) is 8.21. The molecule has 1 atom stereocenters. The molecule has 1 aromatic rings. The molecule has 1 amide bonds. The summed E-state index contributed by atoms with van der Waals surface area (Å²) in [6.07, 6.45) is 6.40. The van der Waals surface area contributed by atoms with Crippen LogP contribution in [0.5, 0.6) is 0 Å². The molecule has 3 heteroatoms. The van der Waals surface area contributed by atoms with Gasteiger partial charge in [-0.1, -0.05) is 24.3 Å². The van der Waals surface area contributed by atoms with Gasteiger partial charge in [-0.2, -0.15) is 0 Å². The van der Waals surface area contributed by atoms with Crippen molar-refractivity contribution < 1.29 is 4.79 Å². The van der Waals surface area contributed by atoms with Gasteiger partial charge in [0, 0.05) is 13.1 Å². The van der Waals surface area contributed by atoms with Crippen molar-refractivity contribution in [2.75, 3.05) is 13.1 Å². The van der Waals surface area contributed by atoms with Crippen molar-refractivity contribution >= 4 is 5.91 Å². The van der Waals surface area contributed by atoms with E-state index in [2.05, 4.69) is 31.2 Å². The Morgan fingerprint density at radius 3 is 2.86 bits per heavy atom. The molecule has 1 saturated heterocycles. The van der Waals surface area contributed by atoms with Gasteiger partial charge < -0.3 is 10.6 Å². The van der Waals surface area contributed by atoms with Gasteiger partial charge in [-0.05, 0) is 62.5 Å². The quantitative estimate of drug-likeness (QED) is 0.925. The van der Waals surface area contributed by atoms with Crippen LogP contribution in [0.1, 0.15) is 43.2 Å². The molecule has 1 aromatic carbocycles. The Morgan fingerprint density at radius 2 is 2.14 bits per heavy atom. The third-order valence-electron chi connectivity index (χ3n) is 5.10. The molecule has 1 saturated carbocycles. The van der Waals surface area contributed by atoms with Crippen molar-refractivity contribution in [2.45, 2.75) is 51.0 Å². The number of benzene rings is 1. The highest BCUT2D eigenvalue weighted by Crippen LogP contribution is 2.35. The van der Waals surface area contributed by atoms with E-state index in [1.165, 1.54) is 24.0 Å². The molecule has 0 unspecified atom stereocenters. The number of carbonyl (C=O) groups excluding carboxylic acids is 1. The summed E-state index contributed by atoms with van der Waals surface area (Å²) >= 11 is 0. The zero-order valence-corrected chi connectivity index (χ0v) is 13.0. The Bertz CT molecular complexity index is 522. The van der Waals surface area contributed by atoms with Crippen LogP contribution in [-0.4, -0.2) is 29.4 Å². The lowest BCUT2D eigenvalue weighted by Gasteiger charge is -2.34. The minimum Gasteiger partial charge on any atom is -0.341 e. The number of rotatable bonds is 4. The first kappa shape index (κ1) is 14.6. The number of hydrogen-bond donors (Lipinski definition) is 1. The fourth-order valence-electron chi connectivity index (χ4n) is 3.40. The van der Waals surface area contributed by atoms with Crippen LogP contribution in [0.3, 0.4) is 0 Å². The summed E-state index contributed by atoms with van der Waals surface area (Å²) in [4.78, 5) is 14.4. The zero-order chi connectivity index (χ0) is 14.9. The standard InChI is InChI=1S/C18H26N2O/c1-14-5-2-3-7-16(14)9-8-15-6-4-12-20(13-15)17(21)18(19)10-11-18/h2-3,5,7,15H,4,6,8-13,19H2,1H3/t15-/m1/s1. The fourth-order valence-corrected chi connectivity index (χ4v) is 3.40.